The van der Waals surface area contributed by atoms with Gasteiger partial charge in [-0.3, -0.25) is 4.79 Å². The van der Waals surface area contributed by atoms with Crippen molar-refractivity contribution < 1.29 is 14.0 Å². The molecule has 1 aliphatic rings. The number of anilines is 1. The minimum atomic E-state index is -0.404. The maximum Gasteiger partial charge on any atom is 0.319 e. The van der Waals surface area contributed by atoms with Gasteiger partial charge in [0.2, 0.25) is 5.91 Å². The van der Waals surface area contributed by atoms with Crippen LogP contribution in [0.15, 0.2) is 54.6 Å². The highest BCUT2D eigenvalue weighted by molar-refractivity contribution is 5.90. The number of nitrogens with zero attached hydrogens (tertiary/aromatic N) is 1. The molecule has 130 valence electrons. The van der Waals surface area contributed by atoms with Crippen LogP contribution in [0.3, 0.4) is 0 Å². The molecule has 1 fully saturated rings. The van der Waals surface area contributed by atoms with E-state index in [1.807, 2.05) is 37.3 Å². The fraction of sp³-hybridized carbons (Fsp3) is 0.263. The summed E-state index contributed by atoms with van der Waals surface area (Å²) < 4.78 is 12.9. The molecule has 3 amide bonds. The molecule has 2 aromatic rings. The summed E-state index contributed by atoms with van der Waals surface area (Å²) in [6.45, 7) is 2.44. The summed E-state index contributed by atoms with van der Waals surface area (Å²) in [5.41, 5.74) is 1.56. The number of hydrogen-bond acceptors (Lipinski definition) is 2. The van der Waals surface area contributed by atoms with Gasteiger partial charge in [0.15, 0.2) is 0 Å². The highest BCUT2D eigenvalue weighted by atomic mass is 19.1. The highest BCUT2D eigenvalue weighted by Gasteiger charge is 2.33. The van der Waals surface area contributed by atoms with Crippen molar-refractivity contribution in [1.82, 2.24) is 10.2 Å². The minimum Gasteiger partial charge on any atom is -0.334 e. The molecule has 6 heteroatoms. The first-order chi connectivity index (χ1) is 12.0. The molecule has 3 rings (SSSR count). The Bertz CT molecular complexity index is 749. The van der Waals surface area contributed by atoms with E-state index in [0.29, 0.717) is 12.2 Å². The first kappa shape index (κ1) is 17.0. The topological polar surface area (TPSA) is 61.4 Å². The van der Waals surface area contributed by atoms with Crippen molar-refractivity contribution in [2.75, 3.05) is 11.9 Å². The van der Waals surface area contributed by atoms with E-state index in [1.54, 1.807) is 4.90 Å². The Hall–Kier alpha value is -2.89. The van der Waals surface area contributed by atoms with Crippen LogP contribution < -0.4 is 10.6 Å². The Morgan fingerprint density at radius 1 is 1.16 bits per heavy atom. The van der Waals surface area contributed by atoms with Crippen LogP contribution in [0.25, 0.3) is 0 Å². The second-order valence-electron chi connectivity index (χ2n) is 6.14. The molecule has 1 aliphatic heterocycles. The third-order valence-corrected chi connectivity index (χ3v) is 4.35. The SMILES string of the molecule is CC(c1ccccc1)N1CC(NC(=O)Nc2ccc(F)cc2)CC1=O. The minimum absolute atomic E-state index is 0.0171. The van der Waals surface area contributed by atoms with E-state index in [4.69, 9.17) is 0 Å². The highest BCUT2D eigenvalue weighted by Crippen LogP contribution is 2.25. The van der Waals surface area contributed by atoms with E-state index in [2.05, 4.69) is 10.6 Å². The van der Waals surface area contributed by atoms with Crippen molar-refractivity contribution in [3.05, 3.63) is 66.0 Å². The lowest BCUT2D eigenvalue weighted by molar-refractivity contribution is -0.129. The average Bonchev–Trinajstić information content (AvgIpc) is 2.97. The average molecular weight is 341 g/mol. The number of urea groups is 1. The molecule has 2 unspecified atom stereocenters. The van der Waals surface area contributed by atoms with E-state index >= 15 is 0 Å². The zero-order valence-electron chi connectivity index (χ0n) is 13.9. The van der Waals surface area contributed by atoms with Crippen LogP contribution in [-0.4, -0.2) is 29.4 Å². The predicted molar refractivity (Wildman–Crippen MR) is 93.5 cm³/mol. The van der Waals surface area contributed by atoms with Crippen LogP contribution in [0, 0.1) is 5.82 Å². The molecular formula is C19H20FN3O2. The lowest BCUT2D eigenvalue weighted by atomic mass is 10.1. The number of benzene rings is 2. The number of amides is 3. The second-order valence-corrected chi connectivity index (χ2v) is 6.14. The largest absolute Gasteiger partial charge is 0.334 e. The van der Waals surface area contributed by atoms with Gasteiger partial charge in [-0.05, 0) is 36.8 Å². The number of carbonyl (C=O) groups excluding carboxylic acids is 2. The quantitative estimate of drug-likeness (QED) is 0.896. The summed E-state index contributed by atoms with van der Waals surface area (Å²) in [5.74, 6) is -0.346. The number of carbonyl (C=O) groups is 2. The van der Waals surface area contributed by atoms with Gasteiger partial charge in [-0.15, -0.1) is 0 Å². The van der Waals surface area contributed by atoms with Crippen molar-refractivity contribution in [3.8, 4) is 0 Å². The smallest absolute Gasteiger partial charge is 0.319 e. The summed E-state index contributed by atoms with van der Waals surface area (Å²) in [6, 6.07) is 14.6. The van der Waals surface area contributed by atoms with Crippen molar-refractivity contribution in [2.45, 2.75) is 25.4 Å². The summed E-state index contributed by atoms with van der Waals surface area (Å²) in [4.78, 5) is 26.1. The molecule has 2 atom stereocenters. The normalized spacial score (nSPS) is 18.1. The predicted octanol–water partition coefficient (Wildman–Crippen LogP) is 3.31. The van der Waals surface area contributed by atoms with Gasteiger partial charge in [-0.2, -0.15) is 0 Å². The first-order valence-corrected chi connectivity index (χ1v) is 8.20. The summed E-state index contributed by atoms with van der Waals surface area (Å²) in [7, 11) is 0. The van der Waals surface area contributed by atoms with Crippen molar-refractivity contribution >= 4 is 17.6 Å². The van der Waals surface area contributed by atoms with Crippen molar-refractivity contribution in [3.63, 3.8) is 0 Å². The van der Waals surface area contributed by atoms with Crippen molar-refractivity contribution in [1.29, 1.82) is 0 Å². The summed E-state index contributed by atoms with van der Waals surface area (Å²) >= 11 is 0. The van der Waals surface area contributed by atoms with Gasteiger partial charge >= 0.3 is 6.03 Å². The molecule has 2 N–H and O–H groups in total. The van der Waals surface area contributed by atoms with Gasteiger partial charge in [-0.1, -0.05) is 30.3 Å². The van der Waals surface area contributed by atoms with Crippen LogP contribution in [0.4, 0.5) is 14.9 Å². The van der Waals surface area contributed by atoms with Crippen molar-refractivity contribution in [2.24, 2.45) is 0 Å². The van der Waals surface area contributed by atoms with Gasteiger partial charge in [0.25, 0.3) is 0 Å². The molecule has 0 aliphatic carbocycles. The monoisotopic (exact) mass is 341 g/mol. The van der Waals surface area contributed by atoms with Gasteiger partial charge in [-0.25, -0.2) is 9.18 Å². The molecule has 5 nitrogen and oxygen atoms in total. The Morgan fingerprint density at radius 2 is 1.84 bits per heavy atom. The van der Waals surface area contributed by atoms with E-state index in [9.17, 15) is 14.0 Å². The maximum absolute atomic E-state index is 12.9. The molecule has 2 aromatic carbocycles. The number of likely N-dealkylation sites (tertiary alicyclic amines) is 1. The van der Waals surface area contributed by atoms with Gasteiger partial charge in [0.05, 0.1) is 12.1 Å². The van der Waals surface area contributed by atoms with Gasteiger partial charge in [0, 0.05) is 18.7 Å². The standard InChI is InChI=1S/C19H20FN3O2/c1-13(14-5-3-2-4-6-14)23-12-17(11-18(23)24)22-19(25)21-16-9-7-15(20)8-10-16/h2-10,13,17H,11-12H2,1H3,(H2,21,22,25). The molecule has 1 saturated heterocycles. The van der Waals surface area contributed by atoms with Crippen LogP contribution in [0.2, 0.25) is 0 Å². The molecule has 0 bridgehead atoms. The second kappa shape index (κ2) is 7.34. The molecular weight excluding hydrogens is 321 g/mol. The van der Waals surface area contributed by atoms with Crippen LogP contribution in [0.1, 0.15) is 24.9 Å². The summed E-state index contributed by atoms with van der Waals surface area (Å²) in [6.07, 6.45) is 0.272. The molecule has 0 saturated carbocycles. The van der Waals surface area contributed by atoms with Gasteiger partial charge in [0.1, 0.15) is 5.82 Å². The lowest BCUT2D eigenvalue weighted by Gasteiger charge is -2.25. The number of halogens is 1. The third-order valence-electron chi connectivity index (χ3n) is 4.35. The molecule has 1 heterocycles. The number of hydrogen-bond donors (Lipinski definition) is 2. The Labute approximate surface area is 145 Å². The molecule has 0 spiro atoms. The molecule has 0 aromatic heterocycles. The number of nitrogens with one attached hydrogen (secondary N) is 2. The Morgan fingerprint density at radius 3 is 2.52 bits per heavy atom. The lowest BCUT2D eigenvalue weighted by Crippen LogP contribution is -2.40. The molecule has 0 radical (unpaired) electrons. The zero-order valence-corrected chi connectivity index (χ0v) is 13.9. The summed E-state index contributed by atoms with van der Waals surface area (Å²) in [5, 5.41) is 5.44. The molecule has 25 heavy (non-hydrogen) atoms. The van der Waals surface area contributed by atoms with Crippen LogP contribution >= 0.6 is 0 Å². The maximum atomic E-state index is 12.9. The third kappa shape index (κ3) is 4.15. The van der Waals surface area contributed by atoms with Crippen LogP contribution in [0.5, 0.6) is 0 Å². The van der Waals surface area contributed by atoms with E-state index < -0.39 is 6.03 Å². The van der Waals surface area contributed by atoms with E-state index in [1.165, 1.54) is 24.3 Å². The van der Waals surface area contributed by atoms with E-state index in [0.717, 1.165) is 5.56 Å². The fourth-order valence-electron chi connectivity index (χ4n) is 3.00. The van der Waals surface area contributed by atoms with E-state index in [-0.39, 0.29) is 30.2 Å². The number of rotatable bonds is 4. The fourth-order valence-corrected chi connectivity index (χ4v) is 3.00. The first-order valence-electron chi connectivity index (χ1n) is 8.20. The zero-order chi connectivity index (χ0) is 17.8. The Kier molecular flexibility index (Phi) is 4.97. The van der Waals surface area contributed by atoms with Crippen LogP contribution in [-0.2, 0) is 4.79 Å². The Balaban J connectivity index is 1.57. The van der Waals surface area contributed by atoms with Gasteiger partial charge < -0.3 is 15.5 Å².